The summed E-state index contributed by atoms with van der Waals surface area (Å²) in [6, 6.07) is -9.37. The molecule has 8 aromatic rings. The highest BCUT2D eigenvalue weighted by atomic mass is 19.1. The first-order valence-electron chi connectivity index (χ1n) is 19.6. The molecule has 190 valence electrons. The highest BCUT2D eigenvalue weighted by Crippen LogP contribution is 2.34. The van der Waals surface area contributed by atoms with E-state index in [9.17, 15) is 0 Å². The summed E-state index contributed by atoms with van der Waals surface area (Å²) >= 11 is 0. The zero-order chi connectivity index (χ0) is 40.7. The maximum atomic E-state index is 15.6. The molecule has 0 unspecified atom stereocenters. The molecule has 0 saturated heterocycles. The molecule has 0 aliphatic heterocycles. The van der Waals surface area contributed by atoms with Crippen molar-refractivity contribution in [2.45, 2.75) is 0 Å². The van der Waals surface area contributed by atoms with Gasteiger partial charge in [0, 0.05) is 21.5 Å². The van der Waals surface area contributed by atoms with Gasteiger partial charge in [-0.05, 0) is 36.3 Å². The lowest BCUT2D eigenvalue weighted by Gasteiger charge is -2.13. The molecule has 0 bridgehead atoms. The molecule has 0 aliphatic carbocycles. The molecule has 7 heteroatoms. The van der Waals surface area contributed by atoms with Gasteiger partial charge in [-0.2, -0.15) is 15.0 Å². The van der Waals surface area contributed by atoms with E-state index < -0.39 is 175 Å². The van der Waals surface area contributed by atoms with Crippen molar-refractivity contribution in [1.82, 2.24) is 24.1 Å². The third-order valence-electron chi connectivity index (χ3n) is 6.26. The van der Waals surface area contributed by atoms with Crippen molar-refractivity contribution in [3.8, 4) is 23.3 Å². The van der Waals surface area contributed by atoms with Crippen molar-refractivity contribution in [3.63, 3.8) is 0 Å². The van der Waals surface area contributed by atoms with Crippen LogP contribution in [-0.4, -0.2) is 24.1 Å². The Morgan fingerprint density at radius 2 is 0.850 bits per heavy atom. The van der Waals surface area contributed by atoms with Crippen LogP contribution < -0.4 is 0 Å². The van der Waals surface area contributed by atoms with E-state index in [0.29, 0.717) is 0 Å². The van der Waals surface area contributed by atoms with Gasteiger partial charge in [0.1, 0.15) is 11.6 Å². The third-order valence-corrected chi connectivity index (χ3v) is 6.26. The average Bonchev–Trinajstić information content (AvgIpc) is 3.73. The molecule has 3 heterocycles. The molecule has 0 fully saturated rings. The van der Waals surface area contributed by atoms with Gasteiger partial charge in [-0.3, -0.25) is 9.13 Å². The first kappa shape index (κ1) is 11.8. The van der Waals surface area contributed by atoms with Gasteiger partial charge in [0.15, 0.2) is 5.82 Å². The standard InChI is InChI=1S/C33H19F2N5/c34-24-14-9-15-25(35)30(24)31-36-32(39-26-16-5-1-10-20(26)21-11-2-6-17-27(21)39)38-33(37-31)40-28-18-7-3-12-22(28)23-13-4-8-19-29(23)40/h1-19H/i1D,2D,3D,4D,5D,6D,7D,8D,10D,11D,12D,13D,16D,17D,18D,19D. The average molecular weight is 540 g/mol. The summed E-state index contributed by atoms with van der Waals surface area (Å²) in [5.41, 5.74) is -2.82. The monoisotopic (exact) mass is 539 g/mol. The van der Waals surface area contributed by atoms with E-state index in [0.717, 1.165) is 27.3 Å². The summed E-state index contributed by atoms with van der Waals surface area (Å²) in [6.45, 7) is 0. The van der Waals surface area contributed by atoms with Crippen LogP contribution in [0, 0.1) is 11.6 Å². The van der Waals surface area contributed by atoms with Crippen LogP contribution in [0.2, 0.25) is 0 Å². The number of hydrogen-bond donors (Lipinski definition) is 0. The molecule has 0 aliphatic rings. The molecule has 8 rings (SSSR count). The molecule has 0 spiro atoms. The fraction of sp³-hybridized carbons (Fsp3) is 0. The van der Waals surface area contributed by atoms with E-state index >= 15 is 8.78 Å². The van der Waals surface area contributed by atoms with E-state index in [-0.39, 0.29) is 0 Å². The minimum atomic E-state index is -1.22. The normalized spacial score (nSPS) is 17.4. The number of benzene rings is 5. The number of halogens is 2. The second-order valence-corrected chi connectivity index (χ2v) is 8.42. The Bertz CT molecular complexity index is 2790. The van der Waals surface area contributed by atoms with E-state index in [1.165, 1.54) is 0 Å². The Kier molecular flexibility index (Phi) is 2.51. The zero-order valence-corrected chi connectivity index (χ0v) is 19.7. The van der Waals surface area contributed by atoms with Crippen molar-refractivity contribution in [3.05, 3.63) is 127 Å². The zero-order valence-electron chi connectivity index (χ0n) is 35.7. The summed E-state index contributed by atoms with van der Waals surface area (Å²) in [5, 5.41) is -1.56. The van der Waals surface area contributed by atoms with Crippen LogP contribution in [-0.2, 0) is 0 Å². The molecule has 5 nitrogen and oxygen atoms in total. The molecule has 40 heavy (non-hydrogen) atoms. The Balaban J connectivity index is 1.68. The van der Waals surface area contributed by atoms with Crippen LogP contribution in [0.15, 0.2) is 115 Å². The van der Waals surface area contributed by atoms with Gasteiger partial charge in [-0.25, -0.2) is 8.78 Å². The maximum absolute atomic E-state index is 15.6. The van der Waals surface area contributed by atoms with Gasteiger partial charge in [-0.1, -0.05) is 78.6 Å². The van der Waals surface area contributed by atoms with Crippen LogP contribution in [0.1, 0.15) is 21.9 Å². The number of nitrogens with zero attached hydrogens (tertiary/aromatic N) is 5. The highest BCUT2D eigenvalue weighted by molar-refractivity contribution is 6.10. The molecule has 3 aromatic heterocycles. The van der Waals surface area contributed by atoms with Crippen LogP contribution in [0.4, 0.5) is 8.78 Å². The molecule has 0 saturated carbocycles. The molecular weight excluding hydrogens is 504 g/mol. The second kappa shape index (κ2) is 8.54. The number of para-hydroxylation sites is 4. The van der Waals surface area contributed by atoms with Gasteiger partial charge in [0.25, 0.3) is 0 Å². The Labute approximate surface area is 249 Å². The Morgan fingerprint density at radius 3 is 1.23 bits per heavy atom. The predicted molar refractivity (Wildman–Crippen MR) is 154 cm³/mol. The van der Waals surface area contributed by atoms with Gasteiger partial charge < -0.3 is 0 Å². The van der Waals surface area contributed by atoms with Crippen molar-refractivity contribution < 1.29 is 30.7 Å². The molecular formula is C33H19F2N5. The molecule has 0 radical (unpaired) electrons. The number of hydrogen-bond acceptors (Lipinski definition) is 3. The summed E-state index contributed by atoms with van der Waals surface area (Å²) in [7, 11) is 0. The highest BCUT2D eigenvalue weighted by Gasteiger charge is 2.22. The summed E-state index contributed by atoms with van der Waals surface area (Å²) in [5.74, 6) is -4.79. The Morgan fingerprint density at radius 1 is 0.500 bits per heavy atom. The van der Waals surface area contributed by atoms with Gasteiger partial charge in [0.2, 0.25) is 11.9 Å². The third kappa shape index (κ3) is 3.21. The Hall–Kier alpha value is -5.43. The lowest BCUT2D eigenvalue weighted by Crippen LogP contribution is -2.11. The van der Waals surface area contributed by atoms with E-state index in [1.807, 2.05) is 0 Å². The smallest absolute Gasteiger partial charge is 0.240 e. The predicted octanol–water partition coefficient (Wildman–Crippen LogP) is 8.01. The van der Waals surface area contributed by atoms with Crippen LogP contribution >= 0.6 is 0 Å². The first-order valence-corrected chi connectivity index (χ1v) is 11.6. The lowest BCUT2D eigenvalue weighted by molar-refractivity contribution is 0.587. The second-order valence-electron chi connectivity index (χ2n) is 8.42. The topological polar surface area (TPSA) is 48.5 Å². The minimum Gasteiger partial charge on any atom is -0.278 e. The molecule has 0 N–H and O–H groups in total. The van der Waals surface area contributed by atoms with E-state index in [4.69, 9.17) is 21.9 Å². The van der Waals surface area contributed by atoms with E-state index in [1.54, 1.807) is 0 Å². The molecule has 0 amide bonds. The number of fused-ring (bicyclic) bond motifs is 6. The first-order chi connectivity index (χ1) is 26.3. The van der Waals surface area contributed by atoms with Gasteiger partial charge >= 0.3 is 0 Å². The fourth-order valence-corrected chi connectivity index (χ4v) is 4.62. The SMILES string of the molecule is [2H]c1c([2H])c([2H])c2c(c1[2H])c1c([2H])c([2H])c([2H])c([2H])c1n2-c1nc(-c2c(F)cccc2F)nc(-n2c3c([2H])c([2H])c([2H])c([2H])c3c3c([2H])c([2H])c([2H])c([2H])c32)n1. The summed E-state index contributed by atoms with van der Waals surface area (Å²) in [6.07, 6.45) is 0. The van der Waals surface area contributed by atoms with Crippen LogP contribution in [0.25, 0.3) is 66.9 Å². The summed E-state index contributed by atoms with van der Waals surface area (Å²) in [4.78, 5) is 13.0. The van der Waals surface area contributed by atoms with Gasteiger partial charge in [0.05, 0.1) is 49.6 Å². The quantitative estimate of drug-likeness (QED) is 0.228. The number of aromatic nitrogens is 5. The van der Waals surface area contributed by atoms with Crippen LogP contribution in [0.5, 0.6) is 0 Å². The largest absolute Gasteiger partial charge is 0.278 e. The number of rotatable bonds is 3. The molecule has 0 atom stereocenters. The van der Waals surface area contributed by atoms with Crippen molar-refractivity contribution in [1.29, 1.82) is 0 Å². The van der Waals surface area contributed by atoms with E-state index in [2.05, 4.69) is 15.0 Å². The minimum absolute atomic E-state index is 0.390. The van der Waals surface area contributed by atoms with Crippen molar-refractivity contribution >= 4 is 43.6 Å². The maximum Gasteiger partial charge on any atom is 0.240 e. The fourth-order valence-electron chi connectivity index (χ4n) is 4.62. The van der Waals surface area contributed by atoms with Crippen molar-refractivity contribution in [2.24, 2.45) is 0 Å². The van der Waals surface area contributed by atoms with Gasteiger partial charge in [-0.15, -0.1) is 0 Å². The molecule has 5 aromatic carbocycles. The van der Waals surface area contributed by atoms with Crippen LogP contribution in [0.3, 0.4) is 0 Å². The summed E-state index contributed by atoms with van der Waals surface area (Å²) < 4.78 is 171. The van der Waals surface area contributed by atoms with Crippen molar-refractivity contribution in [2.75, 3.05) is 0 Å². The lowest BCUT2D eigenvalue weighted by atomic mass is 10.2.